The van der Waals surface area contributed by atoms with E-state index in [2.05, 4.69) is 37.3 Å². The van der Waals surface area contributed by atoms with Gasteiger partial charge >= 0.3 is 0 Å². The molecule has 0 amide bonds. The Morgan fingerprint density at radius 2 is 1.83 bits per heavy atom. The summed E-state index contributed by atoms with van der Waals surface area (Å²) < 4.78 is 6.07. The first-order chi connectivity index (χ1) is 11.4. The second kappa shape index (κ2) is 11.9. The van der Waals surface area contributed by atoms with E-state index in [4.69, 9.17) is 4.74 Å². The zero-order valence-electron chi connectivity index (χ0n) is 15.1. The van der Waals surface area contributed by atoms with Crippen LogP contribution in [0.4, 0.5) is 0 Å². The Morgan fingerprint density at radius 3 is 2.57 bits per heavy atom. The fourth-order valence-corrected chi connectivity index (χ4v) is 6.42. The molecule has 1 aliphatic rings. The van der Waals surface area contributed by atoms with Gasteiger partial charge in [0.2, 0.25) is 0 Å². The molecule has 1 fully saturated rings. The van der Waals surface area contributed by atoms with Crippen LogP contribution in [0, 0.1) is 0 Å². The highest BCUT2D eigenvalue weighted by atomic mass is 28.2. The van der Waals surface area contributed by atoms with Crippen LogP contribution in [0.15, 0.2) is 30.3 Å². The van der Waals surface area contributed by atoms with E-state index < -0.39 is 0 Å². The van der Waals surface area contributed by atoms with Gasteiger partial charge in [0.1, 0.15) is 0 Å². The topological polar surface area (TPSA) is 9.23 Å². The van der Waals surface area contributed by atoms with Gasteiger partial charge < -0.3 is 4.74 Å². The van der Waals surface area contributed by atoms with Crippen molar-refractivity contribution in [2.45, 2.75) is 88.8 Å². The van der Waals surface area contributed by atoms with Gasteiger partial charge in [-0.1, -0.05) is 82.2 Å². The van der Waals surface area contributed by atoms with E-state index >= 15 is 0 Å². The normalized spacial score (nSPS) is 20.1. The van der Waals surface area contributed by atoms with Crippen LogP contribution in [-0.2, 0) is 11.2 Å². The molecular weight excluding hydrogens is 296 g/mol. The quantitative estimate of drug-likeness (QED) is 0.386. The highest BCUT2D eigenvalue weighted by Crippen LogP contribution is 2.25. The summed E-state index contributed by atoms with van der Waals surface area (Å²) >= 11 is 0. The number of rotatable bonds is 11. The van der Waals surface area contributed by atoms with Gasteiger partial charge in [-0.25, -0.2) is 0 Å². The fraction of sp³-hybridized carbons (Fsp3) is 0.714. The zero-order valence-corrected chi connectivity index (χ0v) is 16.6. The van der Waals surface area contributed by atoms with Crippen LogP contribution in [0.3, 0.4) is 0 Å². The van der Waals surface area contributed by atoms with Crippen molar-refractivity contribution in [3.63, 3.8) is 0 Å². The Kier molecular flexibility index (Phi) is 9.66. The SMILES string of the molecule is CCCCCCCCC(Cc1ccccc1)[SiH2]C1CCCCO1. The van der Waals surface area contributed by atoms with Crippen LogP contribution in [0.25, 0.3) is 0 Å². The molecule has 0 aromatic heterocycles. The molecule has 0 bridgehead atoms. The number of benzene rings is 1. The summed E-state index contributed by atoms with van der Waals surface area (Å²) in [5.74, 6) is 0. The van der Waals surface area contributed by atoms with Crippen molar-refractivity contribution in [1.29, 1.82) is 0 Å². The third-order valence-electron chi connectivity index (χ3n) is 5.20. The number of ether oxygens (including phenoxy) is 1. The minimum absolute atomic E-state index is 0.130. The first-order valence-corrected chi connectivity index (χ1v) is 11.7. The molecule has 2 unspecified atom stereocenters. The van der Waals surface area contributed by atoms with Crippen LogP contribution in [0.5, 0.6) is 0 Å². The summed E-state index contributed by atoms with van der Waals surface area (Å²) in [7, 11) is -0.130. The molecule has 1 aromatic carbocycles. The molecule has 23 heavy (non-hydrogen) atoms. The van der Waals surface area contributed by atoms with Crippen molar-refractivity contribution in [1.82, 2.24) is 0 Å². The Hall–Kier alpha value is -0.603. The maximum Gasteiger partial charge on any atom is 0.0590 e. The second-order valence-corrected chi connectivity index (χ2v) is 9.87. The summed E-state index contributed by atoms with van der Waals surface area (Å²) in [5, 5.41) is 0. The lowest BCUT2D eigenvalue weighted by Gasteiger charge is -2.27. The molecule has 2 rings (SSSR count). The second-order valence-electron chi connectivity index (χ2n) is 7.34. The molecule has 0 saturated carbocycles. The molecule has 130 valence electrons. The van der Waals surface area contributed by atoms with Crippen molar-refractivity contribution in [2.75, 3.05) is 6.61 Å². The third kappa shape index (κ3) is 8.17. The molecule has 2 heteroatoms. The highest BCUT2D eigenvalue weighted by Gasteiger charge is 2.20. The maximum atomic E-state index is 6.07. The first kappa shape index (κ1) is 18.7. The van der Waals surface area contributed by atoms with E-state index in [1.165, 1.54) is 76.2 Å². The summed E-state index contributed by atoms with van der Waals surface area (Å²) in [5.41, 5.74) is 3.14. The smallest absolute Gasteiger partial charge is 0.0590 e. The van der Waals surface area contributed by atoms with Crippen molar-refractivity contribution in [2.24, 2.45) is 0 Å². The van der Waals surface area contributed by atoms with E-state index in [9.17, 15) is 0 Å². The average Bonchev–Trinajstić information content (AvgIpc) is 2.60. The van der Waals surface area contributed by atoms with Gasteiger partial charge in [0.05, 0.1) is 9.52 Å². The molecule has 0 N–H and O–H groups in total. The van der Waals surface area contributed by atoms with Crippen LogP contribution in [0.1, 0.15) is 76.7 Å². The van der Waals surface area contributed by atoms with Gasteiger partial charge in [0.25, 0.3) is 0 Å². The first-order valence-electron chi connectivity index (χ1n) is 10.0. The predicted octanol–water partition coefficient (Wildman–Crippen LogP) is 5.46. The Labute approximate surface area is 146 Å². The lowest BCUT2D eigenvalue weighted by Crippen LogP contribution is -2.29. The molecule has 1 nitrogen and oxygen atoms in total. The Balaban J connectivity index is 1.75. The van der Waals surface area contributed by atoms with E-state index in [-0.39, 0.29) is 9.52 Å². The maximum absolute atomic E-state index is 6.07. The van der Waals surface area contributed by atoms with E-state index in [0.717, 1.165) is 12.1 Å². The summed E-state index contributed by atoms with van der Waals surface area (Å²) in [6.07, 6.45) is 15.3. The number of hydrogen-bond acceptors (Lipinski definition) is 1. The number of hydrogen-bond donors (Lipinski definition) is 0. The molecular formula is C21H36OSi. The number of unbranched alkanes of at least 4 members (excludes halogenated alkanes) is 5. The molecule has 0 spiro atoms. The van der Waals surface area contributed by atoms with Crippen molar-refractivity contribution >= 4 is 9.52 Å². The predicted molar refractivity (Wildman–Crippen MR) is 104 cm³/mol. The molecule has 1 saturated heterocycles. The van der Waals surface area contributed by atoms with E-state index in [0.29, 0.717) is 5.73 Å². The lowest BCUT2D eigenvalue weighted by atomic mass is 10.0. The van der Waals surface area contributed by atoms with Crippen molar-refractivity contribution in [3.05, 3.63) is 35.9 Å². The summed E-state index contributed by atoms with van der Waals surface area (Å²) in [4.78, 5) is 0. The standard InChI is InChI=1S/C21H36OSi/c1-2-3-4-5-6-10-15-20(18-19-13-8-7-9-14-19)23-21-16-11-12-17-22-21/h7-9,13-14,20-21H,2-6,10-12,15-18,23H2,1H3. The van der Waals surface area contributed by atoms with Gasteiger partial charge in [-0.15, -0.1) is 0 Å². The average molecular weight is 333 g/mol. The highest BCUT2D eigenvalue weighted by molar-refractivity contribution is 6.39. The van der Waals surface area contributed by atoms with E-state index in [1.807, 2.05) is 0 Å². The van der Waals surface area contributed by atoms with Crippen molar-refractivity contribution < 1.29 is 4.74 Å². The van der Waals surface area contributed by atoms with Gasteiger partial charge in [-0.05, 0) is 36.8 Å². The molecule has 1 aliphatic heterocycles. The fourth-order valence-electron chi connectivity index (χ4n) is 3.83. The van der Waals surface area contributed by atoms with Crippen LogP contribution < -0.4 is 0 Å². The van der Waals surface area contributed by atoms with Gasteiger partial charge in [0, 0.05) is 12.3 Å². The van der Waals surface area contributed by atoms with Crippen LogP contribution in [-0.4, -0.2) is 21.9 Å². The minimum atomic E-state index is -0.130. The Bertz CT molecular complexity index is 386. The zero-order chi connectivity index (χ0) is 16.2. The van der Waals surface area contributed by atoms with Gasteiger partial charge in [-0.2, -0.15) is 0 Å². The Morgan fingerprint density at radius 1 is 1.04 bits per heavy atom. The van der Waals surface area contributed by atoms with Crippen molar-refractivity contribution in [3.8, 4) is 0 Å². The minimum Gasteiger partial charge on any atom is -0.382 e. The largest absolute Gasteiger partial charge is 0.382 e. The van der Waals surface area contributed by atoms with Crippen LogP contribution >= 0.6 is 0 Å². The van der Waals surface area contributed by atoms with Gasteiger partial charge in [0.15, 0.2) is 0 Å². The third-order valence-corrected chi connectivity index (χ3v) is 7.74. The van der Waals surface area contributed by atoms with Gasteiger partial charge in [-0.3, -0.25) is 0 Å². The monoisotopic (exact) mass is 332 g/mol. The molecule has 2 atom stereocenters. The van der Waals surface area contributed by atoms with E-state index in [1.54, 1.807) is 0 Å². The molecule has 0 radical (unpaired) electrons. The molecule has 0 aliphatic carbocycles. The molecule has 1 heterocycles. The summed E-state index contributed by atoms with van der Waals surface area (Å²) in [6.45, 7) is 3.32. The lowest BCUT2D eigenvalue weighted by molar-refractivity contribution is 0.0641. The van der Waals surface area contributed by atoms with Crippen LogP contribution in [0.2, 0.25) is 5.54 Å². The molecule has 1 aromatic rings. The summed E-state index contributed by atoms with van der Waals surface area (Å²) in [6, 6.07) is 11.1.